The molecule has 1 rings (SSSR count). The molecule has 0 unspecified atom stereocenters. The van der Waals surface area contributed by atoms with Gasteiger partial charge >= 0.3 is 0 Å². The molecular formula is C9H5Cl2F2NO2S. The summed E-state index contributed by atoms with van der Waals surface area (Å²) in [6.45, 7) is 0. The van der Waals surface area contributed by atoms with Gasteiger partial charge in [0.1, 0.15) is 0 Å². The molecule has 1 aromatic carbocycles. The zero-order chi connectivity index (χ0) is 13.2. The molecule has 0 bridgehead atoms. The molecule has 1 aromatic rings. The highest BCUT2D eigenvalue weighted by atomic mass is 35.7. The van der Waals surface area contributed by atoms with Crippen molar-refractivity contribution in [2.24, 2.45) is 0 Å². The third-order valence-electron chi connectivity index (χ3n) is 2.00. The molecule has 8 heteroatoms. The summed E-state index contributed by atoms with van der Waals surface area (Å²) in [6.07, 6.45) is -3.05. The lowest BCUT2D eigenvalue weighted by Crippen LogP contribution is -2.02. The minimum atomic E-state index is -4.31. The van der Waals surface area contributed by atoms with E-state index in [1.807, 2.05) is 0 Å². The molecule has 0 saturated heterocycles. The van der Waals surface area contributed by atoms with Crippen LogP contribution in [0.1, 0.15) is 23.1 Å². The first-order valence-corrected chi connectivity index (χ1v) is 7.01. The van der Waals surface area contributed by atoms with Gasteiger partial charge in [-0.25, -0.2) is 17.2 Å². The van der Waals surface area contributed by atoms with Crippen molar-refractivity contribution in [2.75, 3.05) is 0 Å². The Hall–Kier alpha value is -0.900. The van der Waals surface area contributed by atoms with Gasteiger partial charge in [-0.15, -0.1) is 11.6 Å². The van der Waals surface area contributed by atoms with Crippen molar-refractivity contribution < 1.29 is 17.2 Å². The van der Waals surface area contributed by atoms with Crippen molar-refractivity contribution in [1.29, 1.82) is 5.26 Å². The highest BCUT2D eigenvalue weighted by Crippen LogP contribution is 2.31. The number of rotatable bonds is 3. The van der Waals surface area contributed by atoms with E-state index in [2.05, 4.69) is 0 Å². The Morgan fingerprint density at radius 3 is 2.35 bits per heavy atom. The molecule has 0 radical (unpaired) electrons. The fourth-order valence-electron chi connectivity index (χ4n) is 1.23. The summed E-state index contributed by atoms with van der Waals surface area (Å²) in [4.78, 5) is -0.719. The van der Waals surface area contributed by atoms with E-state index in [1.54, 1.807) is 6.07 Å². The summed E-state index contributed by atoms with van der Waals surface area (Å²) in [5, 5.41) is 8.71. The summed E-state index contributed by atoms with van der Waals surface area (Å²) < 4.78 is 47.6. The molecule has 0 amide bonds. The summed E-state index contributed by atoms with van der Waals surface area (Å²) >= 11 is 5.49. The van der Waals surface area contributed by atoms with Crippen LogP contribution in [0, 0.1) is 11.3 Å². The van der Waals surface area contributed by atoms with Crippen molar-refractivity contribution in [3.63, 3.8) is 0 Å². The molecule has 92 valence electrons. The second kappa shape index (κ2) is 5.17. The minimum Gasteiger partial charge on any atom is -0.207 e. The molecule has 0 heterocycles. The molecule has 0 atom stereocenters. The van der Waals surface area contributed by atoms with E-state index in [0.29, 0.717) is 0 Å². The average molecular weight is 300 g/mol. The zero-order valence-electron chi connectivity index (χ0n) is 8.12. The highest BCUT2D eigenvalue weighted by Gasteiger charge is 2.24. The van der Waals surface area contributed by atoms with Crippen LogP contribution in [0.3, 0.4) is 0 Å². The van der Waals surface area contributed by atoms with E-state index in [1.165, 1.54) is 0 Å². The lowest BCUT2D eigenvalue weighted by molar-refractivity contribution is 0.148. The van der Waals surface area contributed by atoms with Gasteiger partial charge in [-0.3, -0.25) is 0 Å². The number of hydrogen-bond donors (Lipinski definition) is 0. The van der Waals surface area contributed by atoms with Gasteiger partial charge in [0.15, 0.2) is 0 Å². The Bertz CT molecular complexity index is 581. The van der Waals surface area contributed by atoms with Crippen molar-refractivity contribution >= 4 is 31.3 Å². The van der Waals surface area contributed by atoms with E-state index in [-0.39, 0.29) is 17.0 Å². The van der Waals surface area contributed by atoms with E-state index in [9.17, 15) is 17.2 Å². The molecule has 3 nitrogen and oxygen atoms in total. The van der Waals surface area contributed by atoms with Gasteiger partial charge < -0.3 is 0 Å². The maximum absolute atomic E-state index is 12.6. The van der Waals surface area contributed by atoms with Gasteiger partial charge in [0.2, 0.25) is 0 Å². The molecule has 0 fully saturated rings. The molecule has 0 aliphatic rings. The van der Waals surface area contributed by atoms with Gasteiger partial charge in [0.05, 0.1) is 16.5 Å². The average Bonchev–Trinajstić information content (AvgIpc) is 2.25. The quantitative estimate of drug-likeness (QED) is 0.636. The van der Waals surface area contributed by atoms with Gasteiger partial charge in [0, 0.05) is 22.1 Å². The Morgan fingerprint density at radius 2 is 2.00 bits per heavy atom. The Morgan fingerprint density at radius 1 is 1.41 bits per heavy atom. The van der Waals surface area contributed by atoms with Crippen LogP contribution < -0.4 is 0 Å². The molecule has 0 spiro atoms. The fraction of sp³-hybridized carbons (Fsp3) is 0.222. The fourth-order valence-corrected chi connectivity index (χ4v) is 2.57. The van der Waals surface area contributed by atoms with Crippen LogP contribution in [0.2, 0.25) is 0 Å². The zero-order valence-corrected chi connectivity index (χ0v) is 10.5. The number of nitriles is 1. The van der Waals surface area contributed by atoms with Crippen molar-refractivity contribution in [3.8, 4) is 6.07 Å². The largest absolute Gasteiger partial charge is 0.265 e. The Balaban J connectivity index is 3.65. The number of hydrogen-bond acceptors (Lipinski definition) is 3. The standard InChI is InChI=1S/C9H5Cl2F2NO2S/c10-3-5-2-8(17(11,15)16)7(9(12)13)1-6(5)4-14/h1-2,9H,3H2. The predicted octanol–water partition coefficient (Wildman–Crippen LogP) is 3.16. The van der Waals surface area contributed by atoms with Crippen LogP contribution in [-0.2, 0) is 14.9 Å². The van der Waals surface area contributed by atoms with E-state index >= 15 is 0 Å². The maximum atomic E-state index is 12.6. The Labute approximate surface area is 106 Å². The third kappa shape index (κ3) is 3.06. The van der Waals surface area contributed by atoms with E-state index < -0.39 is 25.9 Å². The van der Waals surface area contributed by atoms with Gasteiger partial charge in [-0.05, 0) is 17.7 Å². The first kappa shape index (κ1) is 14.2. The monoisotopic (exact) mass is 299 g/mol. The summed E-state index contributed by atoms with van der Waals surface area (Å²) in [5.74, 6) is -0.175. The van der Waals surface area contributed by atoms with E-state index in [0.717, 1.165) is 12.1 Å². The van der Waals surface area contributed by atoms with Crippen LogP contribution in [-0.4, -0.2) is 8.42 Å². The van der Waals surface area contributed by atoms with Gasteiger partial charge in [-0.1, -0.05) is 0 Å². The molecular weight excluding hydrogens is 295 g/mol. The SMILES string of the molecule is N#Cc1cc(C(F)F)c(S(=O)(=O)Cl)cc1CCl. The van der Waals surface area contributed by atoms with E-state index in [4.69, 9.17) is 27.5 Å². The van der Waals surface area contributed by atoms with Crippen molar-refractivity contribution in [1.82, 2.24) is 0 Å². The molecule has 0 aliphatic heterocycles. The lowest BCUT2D eigenvalue weighted by atomic mass is 10.1. The molecule has 17 heavy (non-hydrogen) atoms. The molecule has 0 saturated carbocycles. The van der Waals surface area contributed by atoms with Crippen LogP contribution in [0.4, 0.5) is 8.78 Å². The second-order valence-electron chi connectivity index (χ2n) is 3.03. The van der Waals surface area contributed by atoms with Crippen LogP contribution in [0.25, 0.3) is 0 Å². The first-order valence-electron chi connectivity index (χ1n) is 4.17. The summed E-state index contributed by atoms with van der Waals surface area (Å²) in [5.41, 5.74) is -0.762. The smallest absolute Gasteiger partial charge is 0.207 e. The lowest BCUT2D eigenvalue weighted by Gasteiger charge is -2.09. The van der Waals surface area contributed by atoms with Gasteiger partial charge in [0.25, 0.3) is 15.5 Å². The van der Waals surface area contributed by atoms with Crippen LogP contribution in [0.15, 0.2) is 17.0 Å². The summed E-state index contributed by atoms with van der Waals surface area (Å²) in [7, 11) is 0.733. The topological polar surface area (TPSA) is 57.9 Å². The number of benzene rings is 1. The second-order valence-corrected chi connectivity index (χ2v) is 5.83. The third-order valence-corrected chi connectivity index (χ3v) is 3.66. The maximum Gasteiger partial charge on any atom is 0.265 e. The van der Waals surface area contributed by atoms with Crippen LogP contribution in [0.5, 0.6) is 0 Å². The number of halogens is 4. The van der Waals surface area contributed by atoms with Crippen LogP contribution >= 0.6 is 22.3 Å². The first-order chi connectivity index (χ1) is 7.81. The molecule has 0 aliphatic carbocycles. The Kier molecular flexibility index (Phi) is 4.31. The molecule has 0 aromatic heterocycles. The van der Waals surface area contributed by atoms with Crippen molar-refractivity contribution in [2.45, 2.75) is 17.2 Å². The predicted molar refractivity (Wildman–Crippen MR) is 58.7 cm³/mol. The van der Waals surface area contributed by atoms with Gasteiger partial charge in [-0.2, -0.15) is 5.26 Å². The highest BCUT2D eigenvalue weighted by molar-refractivity contribution is 8.13. The minimum absolute atomic E-state index is 0.0978. The normalized spacial score (nSPS) is 11.5. The number of nitrogens with zero attached hydrogens (tertiary/aromatic N) is 1. The number of alkyl halides is 3. The summed E-state index contributed by atoms with van der Waals surface area (Å²) in [6, 6.07) is 3.35. The molecule has 0 N–H and O–H groups in total. The van der Waals surface area contributed by atoms with Crippen molar-refractivity contribution in [3.05, 3.63) is 28.8 Å².